The average molecular weight is 333 g/mol. The molecule has 3 N–H and O–H groups in total. The molecule has 1 saturated heterocycles. The average Bonchev–Trinajstić information content (AvgIpc) is 2.55. The van der Waals surface area contributed by atoms with Crippen LogP contribution in [-0.2, 0) is 9.53 Å². The van der Waals surface area contributed by atoms with Crippen LogP contribution < -0.4 is 16.0 Å². The van der Waals surface area contributed by atoms with Crippen molar-refractivity contribution in [3.8, 4) is 0 Å². The van der Waals surface area contributed by atoms with Crippen molar-refractivity contribution in [2.75, 3.05) is 31.6 Å². The molecule has 0 bridgehead atoms. The van der Waals surface area contributed by atoms with Gasteiger partial charge in [-0.05, 0) is 36.6 Å². The van der Waals surface area contributed by atoms with Gasteiger partial charge < -0.3 is 20.7 Å². The molecule has 0 spiro atoms. The summed E-state index contributed by atoms with van der Waals surface area (Å²) in [6.45, 7) is 8.66. The number of benzene rings is 1. The molecule has 24 heavy (non-hydrogen) atoms. The highest BCUT2D eigenvalue weighted by Crippen LogP contribution is 2.17. The van der Waals surface area contributed by atoms with Gasteiger partial charge in [0.1, 0.15) is 0 Å². The maximum Gasteiger partial charge on any atom is 0.251 e. The first kappa shape index (κ1) is 18.4. The van der Waals surface area contributed by atoms with E-state index in [1.807, 2.05) is 6.92 Å². The first-order chi connectivity index (χ1) is 11.5. The van der Waals surface area contributed by atoms with Crippen molar-refractivity contribution in [2.45, 2.75) is 33.2 Å². The number of rotatable bonds is 6. The van der Waals surface area contributed by atoms with E-state index in [1.54, 1.807) is 18.2 Å². The molecular formula is C18H27N3O3. The second kappa shape index (κ2) is 8.80. The van der Waals surface area contributed by atoms with Crippen molar-refractivity contribution < 1.29 is 14.3 Å². The van der Waals surface area contributed by atoms with Crippen LogP contribution in [0.1, 0.15) is 36.2 Å². The lowest BCUT2D eigenvalue weighted by Gasteiger charge is -2.23. The van der Waals surface area contributed by atoms with Crippen LogP contribution in [0.5, 0.6) is 0 Å². The zero-order chi connectivity index (χ0) is 17.5. The van der Waals surface area contributed by atoms with Gasteiger partial charge in [0.2, 0.25) is 5.91 Å². The quantitative estimate of drug-likeness (QED) is 0.740. The summed E-state index contributed by atoms with van der Waals surface area (Å²) in [5.74, 6) is 0.261. The summed E-state index contributed by atoms with van der Waals surface area (Å²) in [6, 6.07) is 5.37. The second-order valence-electron chi connectivity index (χ2n) is 6.61. The Morgan fingerprint density at radius 3 is 2.79 bits per heavy atom. The van der Waals surface area contributed by atoms with Crippen LogP contribution in [0, 0.1) is 12.8 Å². The number of morpholine rings is 1. The zero-order valence-corrected chi connectivity index (χ0v) is 14.6. The summed E-state index contributed by atoms with van der Waals surface area (Å²) in [5.41, 5.74) is 2.21. The molecule has 1 aromatic carbocycles. The minimum absolute atomic E-state index is 0.0557. The normalized spacial score (nSPS) is 17.6. The van der Waals surface area contributed by atoms with Gasteiger partial charge in [-0.25, -0.2) is 0 Å². The first-order valence-corrected chi connectivity index (χ1v) is 8.45. The monoisotopic (exact) mass is 333 g/mol. The van der Waals surface area contributed by atoms with Gasteiger partial charge in [-0.15, -0.1) is 0 Å². The van der Waals surface area contributed by atoms with E-state index in [1.165, 1.54) is 0 Å². The van der Waals surface area contributed by atoms with E-state index in [4.69, 9.17) is 4.74 Å². The van der Waals surface area contributed by atoms with Gasteiger partial charge in [-0.2, -0.15) is 0 Å². The molecule has 132 valence electrons. The predicted molar refractivity (Wildman–Crippen MR) is 94.2 cm³/mol. The standard InChI is InChI=1S/C18H27N3O3/c1-12(2)10-20-18(23)14-4-5-16(13(3)8-14)21-17(22)9-15-11-24-7-6-19-15/h4-5,8,12,15,19H,6-7,9-11H2,1-3H3,(H,20,23)(H,21,22). The summed E-state index contributed by atoms with van der Waals surface area (Å²) in [5, 5.41) is 9.06. The Bertz CT molecular complexity index is 581. The number of carbonyl (C=O) groups excluding carboxylic acids is 2. The molecule has 1 heterocycles. The van der Waals surface area contributed by atoms with E-state index in [9.17, 15) is 9.59 Å². The summed E-state index contributed by atoms with van der Waals surface area (Å²) in [7, 11) is 0. The summed E-state index contributed by atoms with van der Waals surface area (Å²) < 4.78 is 5.35. The summed E-state index contributed by atoms with van der Waals surface area (Å²) >= 11 is 0. The molecule has 1 aliphatic rings. The SMILES string of the molecule is Cc1cc(C(=O)NCC(C)C)ccc1NC(=O)CC1COCCN1. The van der Waals surface area contributed by atoms with E-state index in [0.717, 1.165) is 17.8 Å². The third kappa shape index (κ3) is 5.62. The number of carbonyl (C=O) groups is 2. The summed E-state index contributed by atoms with van der Waals surface area (Å²) in [6.07, 6.45) is 0.371. The van der Waals surface area contributed by atoms with Gasteiger partial charge >= 0.3 is 0 Å². The second-order valence-corrected chi connectivity index (χ2v) is 6.61. The Morgan fingerprint density at radius 2 is 2.17 bits per heavy atom. The van der Waals surface area contributed by atoms with Crippen LogP contribution in [-0.4, -0.2) is 44.2 Å². The number of hydrogen-bond donors (Lipinski definition) is 3. The van der Waals surface area contributed by atoms with Crippen molar-refractivity contribution in [2.24, 2.45) is 5.92 Å². The molecule has 0 aromatic heterocycles. The first-order valence-electron chi connectivity index (χ1n) is 8.45. The van der Waals surface area contributed by atoms with Gasteiger partial charge in [0, 0.05) is 36.8 Å². The van der Waals surface area contributed by atoms with E-state index < -0.39 is 0 Å². The zero-order valence-electron chi connectivity index (χ0n) is 14.6. The Balaban J connectivity index is 1.91. The van der Waals surface area contributed by atoms with Crippen molar-refractivity contribution in [3.05, 3.63) is 29.3 Å². The number of amides is 2. The molecule has 6 nitrogen and oxygen atoms in total. The van der Waals surface area contributed by atoms with E-state index in [2.05, 4.69) is 29.8 Å². The maximum atomic E-state index is 12.1. The largest absolute Gasteiger partial charge is 0.378 e. The topological polar surface area (TPSA) is 79.5 Å². The lowest BCUT2D eigenvalue weighted by Crippen LogP contribution is -2.43. The fourth-order valence-electron chi connectivity index (χ4n) is 2.52. The molecular weight excluding hydrogens is 306 g/mol. The van der Waals surface area contributed by atoms with Gasteiger partial charge in [0.25, 0.3) is 5.91 Å². The van der Waals surface area contributed by atoms with Crippen molar-refractivity contribution in [3.63, 3.8) is 0 Å². The number of anilines is 1. The Hall–Kier alpha value is -1.92. The number of ether oxygens (including phenoxy) is 1. The number of hydrogen-bond acceptors (Lipinski definition) is 4. The van der Waals surface area contributed by atoms with E-state index in [-0.39, 0.29) is 17.9 Å². The van der Waals surface area contributed by atoms with Crippen LogP contribution in [0.25, 0.3) is 0 Å². The lowest BCUT2D eigenvalue weighted by atomic mass is 10.1. The Labute approximate surface area is 143 Å². The van der Waals surface area contributed by atoms with Crippen molar-refractivity contribution >= 4 is 17.5 Å². The molecule has 2 amide bonds. The molecule has 6 heteroatoms. The van der Waals surface area contributed by atoms with Crippen LogP contribution in [0.4, 0.5) is 5.69 Å². The van der Waals surface area contributed by atoms with Crippen LogP contribution >= 0.6 is 0 Å². The summed E-state index contributed by atoms with van der Waals surface area (Å²) in [4.78, 5) is 24.2. The molecule has 2 rings (SSSR count). The Morgan fingerprint density at radius 1 is 1.38 bits per heavy atom. The molecule has 1 atom stereocenters. The number of nitrogens with one attached hydrogen (secondary N) is 3. The van der Waals surface area contributed by atoms with Gasteiger partial charge in [-0.3, -0.25) is 9.59 Å². The van der Waals surface area contributed by atoms with Crippen LogP contribution in [0.3, 0.4) is 0 Å². The predicted octanol–water partition coefficient (Wildman–Crippen LogP) is 1.70. The van der Waals surface area contributed by atoms with Gasteiger partial charge in [-0.1, -0.05) is 13.8 Å². The van der Waals surface area contributed by atoms with Gasteiger partial charge in [0.15, 0.2) is 0 Å². The lowest BCUT2D eigenvalue weighted by molar-refractivity contribution is -0.117. The number of aryl methyl sites for hydroxylation is 1. The van der Waals surface area contributed by atoms with Crippen molar-refractivity contribution in [1.82, 2.24) is 10.6 Å². The van der Waals surface area contributed by atoms with E-state index in [0.29, 0.717) is 37.7 Å². The third-order valence-electron chi connectivity index (χ3n) is 3.86. The molecule has 0 radical (unpaired) electrons. The van der Waals surface area contributed by atoms with E-state index >= 15 is 0 Å². The van der Waals surface area contributed by atoms with Crippen LogP contribution in [0.2, 0.25) is 0 Å². The van der Waals surface area contributed by atoms with Crippen molar-refractivity contribution in [1.29, 1.82) is 0 Å². The fraction of sp³-hybridized carbons (Fsp3) is 0.556. The smallest absolute Gasteiger partial charge is 0.251 e. The van der Waals surface area contributed by atoms with Crippen LogP contribution in [0.15, 0.2) is 18.2 Å². The minimum atomic E-state index is -0.0896. The fourth-order valence-corrected chi connectivity index (χ4v) is 2.52. The molecule has 1 aromatic rings. The molecule has 1 aliphatic heterocycles. The minimum Gasteiger partial charge on any atom is -0.378 e. The molecule has 1 unspecified atom stereocenters. The highest BCUT2D eigenvalue weighted by atomic mass is 16.5. The van der Waals surface area contributed by atoms with Gasteiger partial charge in [0.05, 0.1) is 13.2 Å². The molecule has 1 fully saturated rings. The third-order valence-corrected chi connectivity index (χ3v) is 3.86. The highest BCUT2D eigenvalue weighted by Gasteiger charge is 2.17. The highest BCUT2D eigenvalue weighted by molar-refractivity contribution is 5.96. The molecule has 0 aliphatic carbocycles. The molecule has 0 saturated carbocycles. The Kier molecular flexibility index (Phi) is 6.75. The maximum absolute atomic E-state index is 12.1.